The Morgan fingerprint density at radius 3 is 3.10 bits per heavy atom. The first-order chi connectivity index (χ1) is 9.76. The lowest BCUT2D eigenvalue weighted by Crippen LogP contribution is -2.22. The molecule has 0 saturated carbocycles. The van der Waals surface area contributed by atoms with Crippen LogP contribution in [0.15, 0.2) is 24.4 Å². The molecule has 1 aliphatic carbocycles. The van der Waals surface area contributed by atoms with E-state index in [2.05, 4.69) is 16.4 Å². The molecule has 4 nitrogen and oxygen atoms in total. The van der Waals surface area contributed by atoms with Crippen molar-refractivity contribution in [2.45, 2.75) is 32.4 Å². The monoisotopic (exact) mass is 287 g/mol. The van der Waals surface area contributed by atoms with Crippen LogP contribution in [0.2, 0.25) is 0 Å². The van der Waals surface area contributed by atoms with Crippen molar-refractivity contribution in [2.75, 3.05) is 0 Å². The van der Waals surface area contributed by atoms with Crippen molar-refractivity contribution in [2.24, 2.45) is 5.73 Å². The van der Waals surface area contributed by atoms with Gasteiger partial charge in [0.25, 0.3) is 5.91 Å². The minimum atomic E-state index is -0.0735. The van der Waals surface area contributed by atoms with Gasteiger partial charge in [0, 0.05) is 28.1 Å². The first kappa shape index (κ1) is 13.3. The van der Waals surface area contributed by atoms with E-state index in [0.717, 1.165) is 5.69 Å². The number of nitrogens with zero attached hydrogens (tertiary/aromatic N) is 1. The number of thiophene rings is 1. The van der Waals surface area contributed by atoms with E-state index in [-0.39, 0.29) is 5.91 Å². The molecule has 2 aromatic rings. The summed E-state index contributed by atoms with van der Waals surface area (Å²) in [5, 5.41) is 2.96. The summed E-state index contributed by atoms with van der Waals surface area (Å²) in [6.45, 7) is 0.940. The molecule has 0 unspecified atom stereocenters. The number of aromatic nitrogens is 1. The van der Waals surface area contributed by atoms with Gasteiger partial charge in [-0.25, -0.2) is 0 Å². The van der Waals surface area contributed by atoms with Gasteiger partial charge in [-0.3, -0.25) is 9.78 Å². The zero-order valence-corrected chi connectivity index (χ0v) is 12.0. The highest BCUT2D eigenvalue weighted by molar-refractivity contribution is 7.12. The number of hydrogen-bond donors (Lipinski definition) is 2. The van der Waals surface area contributed by atoms with Gasteiger partial charge in [0.05, 0.1) is 12.2 Å². The van der Waals surface area contributed by atoms with E-state index < -0.39 is 0 Å². The number of fused-ring (bicyclic) bond motifs is 1. The third-order valence-electron chi connectivity index (χ3n) is 3.51. The lowest BCUT2D eigenvalue weighted by Gasteiger charge is -2.05. The summed E-state index contributed by atoms with van der Waals surface area (Å²) in [6.07, 6.45) is 5.27. The molecule has 104 valence electrons. The van der Waals surface area contributed by atoms with Gasteiger partial charge < -0.3 is 11.1 Å². The zero-order chi connectivity index (χ0) is 13.9. The van der Waals surface area contributed by atoms with Crippen LogP contribution < -0.4 is 11.1 Å². The summed E-state index contributed by atoms with van der Waals surface area (Å²) in [7, 11) is 0. The Morgan fingerprint density at radius 2 is 2.30 bits per heavy atom. The maximum absolute atomic E-state index is 12.1. The quantitative estimate of drug-likeness (QED) is 0.904. The topological polar surface area (TPSA) is 68.0 Å². The lowest BCUT2D eigenvalue weighted by molar-refractivity contribution is 0.0951. The fraction of sp³-hybridized carbons (Fsp3) is 0.333. The highest BCUT2D eigenvalue weighted by Gasteiger charge is 2.15. The van der Waals surface area contributed by atoms with E-state index in [1.807, 2.05) is 11.3 Å². The summed E-state index contributed by atoms with van der Waals surface area (Å²) < 4.78 is 0. The molecule has 2 heterocycles. The Bertz CT molecular complexity index is 614. The highest BCUT2D eigenvalue weighted by atomic mass is 32.1. The molecule has 0 bridgehead atoms. The first-order valence-electron chi connectivity index (χ1n) is 6.80. The zero-order valence-electron chi connectivity index (χ0n) is 11.2. The van der Waals surface area contributed by atoms with Crippen LogP contribution in [0.1, 0.15) is 37.8 Å². The van der Waals surface area contributed by atoms with Gasteiger partial charge in [-0.15, -0.1) is 11.3 Å². The van der Waals surface area contributed by atoms with Crippen molar-refractivity contribution in [1.29, 1.82) is 0 Å². The summed E-state index contributed by atoms with van der Waals surface area (Å²) >= 11 is 1.82. The molecule has 2 aromatic heterocycles. The second-order valence-corrected chi connectivity index (χ2v) is 6.16. The van der Waals surface area contributed by atoms with Crippen molar-refractivity contribution in [1.82, 2.24) is 10.3 Å². The average Bonchev–Trinajstić information content (AvgIpc) is 3.05. The molecule has 1 amide bonds. The maximum atomic E-state index is 12.1. The molecule has 0 saturated heterocycles. The third-order valence-corrected chi connectivity index (χ3v) is 4.75. The Balaban J connectivity index is 1.63. The number of carbonyl (C=O) groups excluding carboxylic acids is 1. The Morgan fingerprint density at radius 1 is 1.40 bits per heavy atom. The van der Waals surface area contributed by atoms with Crippen molar-refractivity contribution in [3.8, 4) is 0 Å². The molecular formula is C15H17N3OS. The molecule has 1 aliphatic rings. The second-order valence-electron chi connectivity index (χ2n) is 4.94. The highest BCUT2D eigenvalue weighted by Crippen LogP contribution is 2.30. The summed E-state index contributed by atoms with van der Waals surface area (Å²) in [4.78, 5) is 18.9. The average molecular weight is 287 g/mol. The van der Waals surface area contributed by atoms with Gasteiger partial charge in [-0.2, -0.15) is 0 Å². The van der Waals surface area contributed by atoms with Crippen molar-refractivity contribution >= 4 is 17.2 Å². The molecule has 0 radical (unpaired) electrons. The number of amides is 1. The Labute approximate surface area is 122 Å². The number of nitrogens with two attached hydrogens (primary N) is 1. The smallest absolute Gasteiger partial charge is 0.251 e. The lowest BCUT2D eigenvalue weighted by atomic mass is 10.2. The largest absolute Gasteiger partial charge is 0.347 e. The molecule has 5 heteroatoms. The number of hydrogen-bond acceptors (Lipinski definition) is 4. The third kappa shape index (κ3) is 2.73. The molecule has 0 fully saturated rings. The van der Waals surface area contributed by atoms with Crippen LogP contribution in [0, 0.1) is 0 Å². The van der Waals surface area contributed by atoms with E-state index in [0.29, 0.717) is 18.7 Å². The van der Waals surface area contributed by atoms with Crippen LogP contribution in [0.25, 0.3) is 0 Å². The van der Waals surface area contributed by atoms with Crippen molar-refractivity contribution < 1.29 is 4.79 Å². The number of nitrogens with one attached hydrogen (secondary N) is 1. The SMILES string of the molecule is NCc1cc(C(=O)NCc2cc3c(s2)CCC3)ccn1. The predicted molar refractivity (Wildman–Crippen MR) is 79.6 cm³/mol. The molecule has 0 atom stereocenters. The molecule has 3 N–H and O–H groups in total. The van der Waals surface area contributed by atoms with E-state index in [1.165, 1.54) is 34.6 Å². The number of rotatable bonds is 4. The molecule has 0 spiro atoms. The van der Waals surface area contributed by atoms with E-state index in [1.54, 1.807) is 18.3 Å². The maximum Gasteiger partial charge on any atom is 0.251 e. The molecule has 3 rings (SSSR count). The van der Waals surface area contributed by atoms with Gasteiger partial charge >= 0.3 is 0 Å². The fourth-order valence-electron chi connectivity index (χ4n) is 2.48. The van der Waals surface area contributed by atoms with Crippen LogP contribution in [0.4, 0.5) is 0 Å². The summed E-state index contributed by atoms with van der Waals surface area (Å²) in [5.41, 5.74) is 8.34. The predicted octanol–water partition coefficient (Wildman–Crippen LogP) is 2.02. The van der Waals surface area contributed by atoms with Crippen LogP contribution in [-0.4, -0.2) is 10.9 Å². The van der Waals surface area contributed by atoms with E-state index in [4.69, 9.17) is 5.73 Å². The second kappa shape index (κ2) is 5.73. The Kier molecular flexibility index (Phi) is 3.80. The summed E-state index contributed by atoms with van der Waals surface area (Å²) in [5.74, 6) is -0.0735. The standard InChI is InChI=1S/C15H17N3OS/c16-8-12-6-11(4-5-17-12)15(19)18-9-13-7-10-2-1-3-14(10)20-13/h4-7H,1-3,8-9,16H2,(H,18,19). The normalized spacial score (nSPS) is 13.2. The van der Waals surface area contributed by atoms with E-state index >= 15 is 0 Å². The van der Waals surface area contributed by atoms with Crippen LogP contribution in [-0.2, 0) is 25.9 Å². The number of pyridine rings is 1. The van der Waals surface area contributed by atoms with Gasteiger partial charge in [-0.1, -0.05) is 0 Å². The molecular weight excluding hydrogens is 270 g/mol. The van der Waals surface area contributed by atoms with Crippen LogP contribution in [0.5, 0.6) is 0 Å². The van der Waals surface area contributed by atoms with Gasteiger partial charge in [-0.05, 0) is 43.0 Å². The van der Waals surface area contributed by atoms with Crippen LogP contribution in [0.3, 0.4) is 0 Å². The van der Waals surface area contributed by atoms with Crippen molar-refractivity contribution in [3.05, 3.63) is 51.0 Å². The van der Waals surface area contributed by atoms with Gasteiger partial charge in [0.15, 0.2) is 0 Å². The first-order valence-corrected chi connectivity index (χ1v) is 7.61. The minimum Gasteiger partial charge on any atom is -0.347 e. The fourth-order valence-corrected chi connectivity index (χ4v) is 3.68. The van der Waals surface area contributed by atoms with Gasteiger partial charge in [0.2, 0.25) is 0 Å². The van der Waals surface area contributed by atoms with Crippen LogP contribution >= 0.6 is 11.3 Å². The van der Waals surface area contributed by atoms with Gasteiger partial charge in [0.1, 0.15) is 0 Å². The number of carbonyl (C=O) groups is 1. The van der Waals surface area contributed by atoms with E-state index in [9.17, 15) is 4.79 Å². The summed E-state index contributed by atoms with van der Waals surface area (Å²) in [6, 6.07) is 5.68. The molecule has 0 aromatic carbocycles. The molecule has 0 aliphatic heterocycles. The molecule has 20 heavy (non-hydrogen) atoms. The Hall–Kier alpha value is -1.72. The minimum absolute atomic E-state index is 0.0735. The number of aryl methyl sites for hydroxylation is 2. The van der Waals surface area contributed by atoms with Crippen molar-refractivity contribution in [3.63, 3.8) is 0 Å².